The minimum absolute atomic E-state index is 0.131. The number of ketones is 2. The van der Waals surface area contributed by atoms with Crippen LogP contribution in [0.5, 0.6) is 0 Å². The van der Waals surface area contributed by atoms with Crippen molar-refractivity contribution >= 4 is 11.6 Å². The first kappa shape index (κ1) is 10.8. The highest BCUT2D eigenvalue weighted by Gasteiger charge is 2.39. The third kappa shape index (κ3) is 2.28. The molecule has 1 aliphatic carbocycles. The SMILES string of the molecule is CC1CC(=O)C(C2CCCCN2)C(=O)C1. The zero-order chi connectivity index (χ0) is 10.8. The van der Waals surface area contributed by atoms with E-state index in [-0.39, 0.29) is 29.4 Å². The van der Waals surface area contributed by atoms with Crippen molar-refractivity contribution in [3.05, 3.63) is 0 Å². The summed E-state index contributed by atoms with van der Waals surface area (Å²) in [5.41, 5.74) is 0. The molecule has 1 unspecified atom stereocenters. The van der Waals surface area contributed by atoms with Crippen molar-refractivity contribution in [3.63, 3.8) is 0 Å². The van der Waals surface area contributed by atoms with Gasteiger partial charge in [0.25, 0.3) is 0 Å². The molecule has 84 valence electrons. The van der Waals surface area contributed by atoms with Crippen molar-refractivity contribution in [1.29, 1.82) is 0 Å². The Labute approximate surface area is 90.6 Å². The Balaban J connectivity index is 2.05. The summed E-state index contributed by atoms with van der Waals surface area (Å²) in [5.74, 6) is 0.252. The molecule has 0 aromatic rings. The Morgan fingerprint density at radius 2 is 1.80 bits per heavy atom. The molecule has 1 heterocycles. The molecule has 0 bridgehead atoms. The van der Waals surface area contributed by atoms with Crippen LogP contribution in [0.3, 0.4) is 0 Å². The van der Waals surface area contributed by atoms with Crippen LogP contribution in [0.25, 0.3) is 0 Å². The highest BCUT2D eigenvalue weighted by Crippen LogP contribution is 2.27. The third-order valence-corrected chi connectivity index (χ3v) is 3.54. The molecule has 1 N–H and O–H groups in total. The summed E-state index contributed by atoms with van der Waals surface area (Å²) in [7, 11) is 0. The number of Topliss-reactive ketones (excluding diaryl/α,β-unsaturated/α-hetero) is 2. The maximum Gasteiger partial charge on any atom is 0.145 e. The highest BCUT2D eigenvalue weighted by atomic mass is 16.2. The number of rotatable bonds is 1. The van der Waals surface area contributed by atoms with Crippen LogP contribution in [0, 0.1) is 11.8 Å². The zero-order valence-electron chi connectivity index (χ0n) is 9.29. The standard InChI is InChI=1S/C12H19NO2/c1-8-6-10(14)12(11(15)7-8)9-4-2-3-5-13-9/h8-9,12-13H,2-7H2,1H3. The normalized spacial score (nSPS) is 38.1. The molecule has 3 nitrogen and oxygen atoms in total. The van der Waals surface area contributed by atoms with Crippen molar-refractivity contribution in [1.82, 2.24) is 5.32 Å². The summed E-state index contributed by atoms with van der Waals surface area (Å²) in [6.45, 7) is 2.94. The van der Waals surface area contributed by atoms with E-state index in [4.69, 9.17) is 0 Å². The maximum atomic E-state index is 11.9. The summed E-state index contributed by atoms with van der Waals surface area (Å²) in [5, 5.41) is 3.32. The largest absolute Gasteiger partial charge is 0.313 e. The molecule has 0 spiro atoms. The number of carbonyl (C=O) groups is 2. The fourth-order valence-corrected chi connectivity index (χ4v) is 2.80. The quantitative estimate of drug-likeness (QED) is 0.662. The summed E-state index contributed by atoms with van der Waals surface area (Å²) in [6.07, 6.45) is 4.48. The van der Waals surface area contributed by atoms with Gasteiger partial charge in [0.05, 0.1) is 5.92 Å². The molecule has 2 rings (SSSR count). The van der Waals surface area contributed by atoms with Crippen molar-refractivity contribution in [2.45, 2.75) is 45.1 Å². The molecule has 2 aliphatic rings. The van der Waals surface area contributed by atoms with Gasteiger partial charge in [-0.1, -0.05) is 13.3 Å². The summed E-state index contributed by atoms with van der Waals surface area (Å²) in [6, 6.07) is 0.131. The molecule has 0 aromatic heterocycles. The Hall–Kier alpha value is -0.700. The molecule has 0 aromatic carbocycles. The van der Waals surface area contributed by atoms with E-state index in [1.54, 1.807) is 0 Å². The van der Waals surface area contributed by atoms with E-state index in [2.05, 4.69) is 5.32 Å². The van der Waals surface area contributed by atoms with Crippen molar-refractivity contribution < 1.29 is 9.59 Å². The van der Waals surface area contributed by atoms with Crippen LogP contribution in [0.1, 0.15) is 39.0 Å². The first-order valence-corrected chi connectivity index (χ1v) is 5.97. The molecule has 1 aliphatic heterocycles. The minimum Gasteiger partial charge on any atom is -0.313 e. The lowest BCUT2D eigenvalue weighted by atomic mass is 9.75. The maximum absolute atomic E-state index is 11.9. The van der Waals surface area contributed by atoms with Gasteiger partial charge in [0.15, 0.2) is 0 Å². The van der Waals surface area contributed by atoms with Gasteiger partial charge in [-0.2, -0.15) is 0 Å². The Bertz CT molecular complexity index is 251. The summed E-state index contributed by atoms with van der Waals surface area (Å²) >= 11 is 0. The Morgan fingerprint density at radius 1 is 1.13 bits per heavy atom. The van der Waals surface area contributed by atoms with E-state index >= 15 is 0 Å². The molecule has 0 amide bonds. The number of hydrogen-bond donors (Lipinski definition) is 1. The smallest absolute Gasteiger partial charge is 0.145 e. The molecule has 1 saturated heterocycles. The van der Waals surface area contributed by atoms with Gasteiger partial charge in [0.2, 0.25) is 0 Å². The average Bonchev–Trinajstić information content (AvgIpc) is 2.17. The van der Waals surface area contributed by atoms with Gasteiger partial charge in [-0.05, 0) is 25.3 Å². The van der Waals surface area contributed by atoms with Crippen LogP contribution in [0.4, 0.5) is 0 Å². The predicted molar refractivity (Wildman–Crippen MR) is 57.5 cm³/mol. The lowest BCUT2D eigenvalue weighted by molar-refractivity contribution is -0.138. The second-order valence-corrected chi connectivity index (χ2v) is 4.98. The van der Waals surface area contributed by atoms with Crippen molar-refractivity contribution in [3.8, 4) is 0 Å². The van der Waals surface area contributed by atoms with Crippen LogP contribution in [0.2, 0.25) is 0 Å². The van der Waals surface area contributed by atoms with E-state index in [1.165, 1.54) is 6.42 Å². The van der Waals surface area contributed by atoms with E-state index < -0.39 is 0 Å². The topological polar surface area (TPSA) is 46.2 Å². The van der Waals surface area contributed by atoms with E-state index in [0.29, 0.717) is 12.8 Å². The molecule has 1 saturated carbocycles. The van der Waals surface area contributed by atoms with Crippen LogP contribution in [-0.4, -0.2) is 24.2 Å². The third-order valence-electron chi connectivity index (χ3n) is 3.54. The van der Waals surface area contributed by atoms with Crippen molar-refractivity contribution in [2.24, 2.45) is 11.8 Å². The lowest BCUT2D eigenvalue weighted by Gasteiger charge is -2.33. The Kier molecular flexibility index (Phi) is 3.19. The minimum atomic E-state index is -0.332. The fourth-order valence-electron chi connectivity index (χ4n) is 2.80. The Morgan fingerprint density at radius 3 is 2.33 bits per heavy atom. The first-order chi connectivity index (χ1) is 7.18. The number of hydrogen-bond acceptors (Lipinski definition) is 3. The summed E-state index contributed by atoms with van der Waals surface area (Å²) < 4.78 is 0. The lowest BCUT2D eigenvalue weighted by Crippen LogP contribution is -2.49. The van der Waals surface area contributed by atoms with Crippen LogP contribution in [-0.2, 0) is 9.59 Å². The number of nitrogens with one attached hydrogen (secondary N) is 1. The molecule has 15 heavy (non-hydrogen) atoms. The van der Waals surface area contributed by atoms with Gasteiger partial charge in [0, 0.05) is 18.9 Å². The number of carbonyl (C=O) groups excluding carboxylic acids is 2. The van der Waals surface area contributed by atoms with Crippen LogP contribution >= 0.6 is 0 Å². The van der Waals surface area contributed by atoms with Gasteiger partial charge in [-0.3, -0.25) is 9.59 Å². The fraction of sp³-hybridized carbons (Fsp3) is 0.833. The molecule has 2 fully saturated rings. The van der Waals surface area contributed by atoms with Gasteiger partial charge >= 0.3 is 0 Å². The van der Waals surface area contributed by atoms with E-state index in [0.717, 1.165) is 19.4 Å². The second kappa shape index (κ2) is 4.44. The molecule has 0 radical (unpaired) electrons. The first-order valence-electron chi connectivity index (χ1n) is 5.97. The second-order valence-electron chi connectivity index (χ2n) is 4.98. The van der Waals surface area contributed by atoms with Crippen molar-refractivity contribution in [2.75, 3.05) is 6.54 Å². The molecule has 1 atom stereocenters. The average molecular weight is 209 g/mol. The molecular formula is C12H19NO2. The monoisotopic (exact) mass is 209 g/mol. The van der Waals surface area contributed by atoms with Crippen LogP contribution in [0.15, 0.2) is 0 Å². The van der Waals surface area contributed by atoms with E-state index in [9.17, 15) is 9.59 Å². The highest BCUT2D eigenvalue weighted by molar-refractivity contribution is 6.05. The van der Waals surface area contributed by atoms with Gasteiger partial charge in [-0.15, -0.1) is 0 Å². The van der Waals surface area contributed by atoms with Gasteiger partial charge in [0.1, 0.15) is 11.6 Å². The van der Waals surface area contributed by atoms with Gasteiger partial charge in [-0.25, -0.2) is 0 Å². The van der Waals surface area contributed by atoms with Crippen LogP contribution < -0.4 is 5.32 Å². The predicted octanol–water partition coefficient (Wildman–Crippen LogP) is 1.31. The molecule has 3 heteroatoms. The van der Waals surface area contributed by atoms with Gasteiger partial charge < -0.3 is 5.32 Å². The summed E-state index contributed by atoms with van der Waals surface area (Å²) in [4.78, 5) is 23.7. The zero-order valence-corrected chi connectivity index (χ0v) is 9.29. The number of piperidine rings is 1. The molecular weight excluding hydrogens is 190 g/mol. The van der Waals surface area contributed by atoms with E-state index in [1.807, 2.05) is 6.92 Å².